The van der Waals surface area contributed by atoms with Crippen molar-refractivity contribution in [1.29, 1.82) is 0 Å². The second-order valence-corrected chi connectivity index (χ2v) is 3.48. The van der Waals surface area contributed by atoms with Gasteiger partial charge in [0.05, 0.1) is 25.6 Å². The molecule has 2 rings (SSSR count). The van der Waals surface area contributed by atoms with Crippen molar-refractivity contribution in [3.63, 3.8) is 0 Å². The zero-order valence-electron chi connectivity index (χ0n) is 7.97. The van der Waals surface area contributed by atoms with Crippen LogP contribution in [0.2, 0.25) is 0 Å². The molecule has 0 saturated carbocycles. The molecule has 6 heteroatoms. The van der Waals surface area contributed by atoms with Gasteiger partial charge in [-0.05, 0) is 0 Å². The number of hydrazine groups is 1. The summed E-state index contributed by atoms with van der Waals surface area (Å²) in [6.45, 7) is 2.98. The highest BCUT2D eigenvalue weighted by Gasteiger charge is 2.18. The van der Waals surface area contributed by atoms with Crippen LogP contribution in [0.3, 0.4) is 0 Å². The summed E-state index contributed by atoms with van der Waals surface area (Å²) in [7, 11) is 0. The lowest BCUT2D eigenvalue weighted by atomic mass is 10.3. The molecule has 1 aliphatic heterocycles. The van der Waals surface area contributed by atoms with Crippen LogP contribution in [0.15, 0.2) is 12.5 Å². The van der Waals surface area contributed by atoms with Crippen LogP contribution >= 0.6 is 0 Å². The minimum atomic E-state index is 0.127. The number of aromatic nitrogens is 2. The predicted molar refractivity (Wildman–Crippen MR) is 52.1 cm³/mol. The summed E-state index contributed by atoms with van der Waals surface area (Å²) in [5.41, 5.74) is 5.50. The molecule has 1 aliphatic rings. The molecular weight excluding hydrogens is 182 g/mol. The molecule has 0 amide bonds. The molecule has 14 heavy (non-hydrogen) atoms. The Morgan fingerprint density at radius 3 is 3.14 bits per heavy atom. The van der Waals surface area contributed by atoms with Crippen molar-refractivity contribution in [2.24, 2.45) is 5.84 Å². The van der Waals surface area contributed by atoms with E-state index in [0.29, 0.717) is 12.4 Å². The van der Waals surface area contributed by atoms with Crippen molar-refractivity contribution in [2.45, 2.75) is 12.6 Å². The summed E-state index contributed by atoms with van der Waals surface area (Å²) in [5.74, 6) is 6.22. The largest absolute Gasteiger partial charge is 0.382 e. The van der Waals surface area contributed by atoms with Gasteiger partial charge in [0, 0.05) is 19.3 Å². The Morgan fingerprint density at radius 2 is 2.50 bits per heavy atom. The number of anilines is 1. The number of hydrogen-bond acceptors (Lipinski definition) is 5. The van der Waals surface area contributed by atoms with Crippen LogP contribution in [0.1, 0.15) is 0 Å². The molecule has 0 radical (unpaired) electrons. The molecule has 2 heterocycles. The van der Waals surface area contributed by atoms with E-state index in [1.54, 1.807) is 17.5 Å². The maximum absolute atomic E-state index is 5.69. The van der Waals surface area contributed by atoms with Gasteiger partial charge in [-0.2, -0.15) is 0 Å². The molecule has 1 unspecified atom stereocenters. The molecule has 1 atom stereocenters. The molecule has 1 aromatic heterocycles. The predicted octanol–water partition coefficient (Wildman–Crippen LogP) is -0.960. The molecule has 78 valence electrons. The first-order valence-corrected chi connectivity index (χ1v) is 4.62. The van der Waals surface area contributed by atoms with Gasteiger partial charge in [0.2, 0.25) is 0 Å². The molecule has 6 nitrogen and oxygen atoms in total. The van der Waals surface area contributed by atoms with Gasteiger partial charge in [0.15, 0.2) is 0 Å². The Kier molecular flexibility index (Phi) is 2.67. The zero-order valence-corrected chi connectivity index (χ0v) is 7.97. The van der Waals surface area contributed by atoms with E-state index < -0.39 is 0 Å². The van der Waals surface area contributed by atoms with Crippen LogP contribution in [0, 0.1) is 0 Å². The van der Waals surface area contributed by atoms with Crippen LogP contribution in [0.25, 0.3) is 0 Å². The number of morpholine rings is 1. The highest BCUT2D eigenvalue weighted by Crippen LogP contribution is 2.05. The Morgan fingerprint density at radius 1 is 1.64 bits per heavy atom. The van der Waals surface area contributed by atoms with Gasteiger partial charge >= 0.3 is 0 Å². The minimum absolute atomic E-state index is 0.127. The molecule has 1 saturated heterocycles. The van der Waals surface area contributed by atoms with E-state index in [-0.39, 0.29) is 6.10 Å². The summed E-state index contributed by atoms with van der Waals surface area (Å²) in [4.78, 5) is 3.94. The number of hydrogen-bond donors (Lipinski definition) is 2. The van der Waals surface area contributed by atoms with E-state index in [0.717, 1.165) is 19.6 Å². The third kappa shape index (κ3) is 2.22. The Balaban J connectivity index is 1.90. The molecule has 0 aliphatic carbocycles. The molecule has 0 bridgehead atoms. The third-order valence-corrected chi connectivity index (χ3v) is 2.24. The van der Waals surface area contributed by atoms with Gasteiger partial charge in [-0.1, -0.05) is 0 Å². The van der Waals surface area contributed by atoms with E-state index >= 15 is 0 Å². The molecule has 1 fully saturated rings. The summed E-state index contributed by atoms with van der Waals surface area (Å²) >= 11 is 0. The first kappa shape index (κ1) is 9.45. The lowest BCUT2D eigenvalue weighted by molar-refractivity contribution is -0.0364. The quantitative estimate of drug-likeness (QED) is 0.597. The van der Waals surface area contributed by atoms with Crippen molar-refractivity contribution < 1.29 is 4.74 Å². The van der Waals surface area contributed by atoms with Crippen LogP contribution in [-0.2, 0) is 11.3 Å². The van der Waals surface area contributed by atoms with Crippen LogP contribution in [-0.4, -0.2) is 40.4 Å². The van der Waals surface area contributed by atoms with Crippen molar-refractivity contribution >= 4 is 5.82 Å². The average molecular weight is 197 g/mol. The fraction of sp³-hybridized carbons (Fsp3) is 0.625. The average Bonchev–Trinajstić information content (AvgIpc) is 2.51. The number of ether oxygens (including phenoxy) is 1. The SMILES string of the molecule is Nc1cn(CC2CN(N)CCO2)cn1. The van der Waals surface area contributed by atoms with Gasteiger partial charge in [0.25, 0.3) is 0 Å². The summed E-state index contributed by atoms with van der Waals surface area (Å²) < 4.78 is 7.47. The fourth-order valence-corrected chi connectivity index (χ4v) is 1.56. The monoisotopic (exact) mass is 197 g/mol. The highest BCUT2D eigenvalue weighted by atomic mass is 16.5. The van der Waals surface area contributed by atoms with Gasteiger partial charge in [-0.15, -0.1) is 0 Å². The number of nitrogens with two attached hydrogens (primary N) is 2. The zero-order chi connectivity index (χ0) is 9.97. The fourth-order valence-electron chi connectivity index (χ4n) is 1.56. The van der Waals surface area contributed by atoms with Crippen LogP contribution in [0.4, 0.5) is 5.82 Å². The molecule has 4 N–H and O–H groups in total. The number of nitrogen functional groups attached to an aromatic ring is 1. The summed E-state index contributed by atoms with van der Waals surface area (Å²) in [5, 5.41) is 1.77. The van der Waals surface area contributed by atoms with E-state index in [9.17, 15) is 0 Å². The van der Waals surface area contributed by atoms with E-state index in [2.05, 4.69) is 4.98 Å². The van der Waals surface area contributed by atoms with Gasteiger partial charge in [-0.3, -0.25) is 5.84 Å². The topological polar surface area (TPSA) is 82.3 Å². The minimum Gasteiger partial charge on any atom is -0.382 e. The van der Waals surface area contributed by atoms with Crippen LogP contribution in [0.5, 0.6) is 0 Å². The van der Waals surface area contributed by atoms with Crippen molar-refractivity contribution in [1.82, 2.24) is 14.6 Å². The highest BCUT2D eigenvalue weighted by molar-refractivity contribution is 5.22. The second-order valence-electron chi connectivity index (χ2n) is 3.48. The molecule has 0 aromatic carbocycles. The first-order chi connectivity index (χ1) is 6.74. The van der Waals surface area contributed by atoms with E-state index in [1.807, 2.05) is 4.57 Å². The molecule has 1 aromatic rings. The lowest BCUT2D eigenvalue weighted by Crippen LogP contribution is -2.47. The van der Waals surface area contributed by atoms with Gasteiger partial charge in [-0.25, -0.2) is 9.99 Å². The second kappa shape index (κ2) is 3.95. The lowest BCUT2D eigenvalue weighted by Gasteiger charge is -2.29. The Bertz CT molecular complexity index is 300. The third-order valence-electron chi connectivity index (χ3n) is 2.24. The number of imidazole rings is 1. The van der Waals surface area contributed by atoms with E-state index in [4.69, 9.17) is 16.3 Å². The summed E-state index contributed by atoms with van der Waals surface area (Å²) in [6, 6.07) is 0. The summed E-state index contributed by atoms with van der Waals surface area (Å²) in [6.07, 6.45) is 3.62. The van der Waals surface area contributed by atoms with E-state index in [1.165, 1.54) is 0 Å². The van der Waals surface area contributed by atoms with Crippen molar-refractivity contribution in [3.8, 4) is 0 Å². The standard InChI is InChI=1S/C8H15N5O/c9-8-5-12(6-11-8)3-7-4-13(10)1-2-14-7/h5-7H,1-4,9-10H2. The van der Waals surface area contributed by atoms with Crippen molar-refractivity contribution in [2.75, 3.05) is 25.4 Å². The maximum atomic E-state index is 5.69. The smallest absolute Gasteiger partial charge is 0.141 e. The Hall–Kier alpha value is -1.11. The Labute approximate surface area is 82.4 Å². The van der Waals surface area contributed by atoms with Gasteiger partial charge < -0.3 is 15.0 Å². The number of rotatable bonds is 2. The number of nitrogens with zero attached hydrogens (tertiary/aromatic N) is 3. The molecular formula is C8H15N5O. The first-order valence-electron chi connectivity index (χ1n) is 4.62. The van der Waals surface area contributed by atoms with Crippen molar-refractivity contribution in [3.05, 3.63) is 12.5 Å². The van der Waals surface area contributed by atoms with Gasteiger partial charge in [0.1, 0.15) is 5.82 Å². The maximum Gasteiger partial charge on any atom is 0.141 e. The van der Waals surface area contributed by atoms with Crippen LogP contribution < -0.4 is 11.6 Å². The normalized spacial score (nSPS) is 23.9. The molecule has 0 spiro atoms.